The average molecular weight is 323 g/mol. The van der Waals surface area contributed by atoms with Crippen LogP contribution in [0.15, 0.2) is 30.3 Å². The molecular weight excluding hydrogens is 302 g/mol. The zero-order valence-corrected chi connectivity index (χ0v) is 13.9. The van der Waals surface area contributed by atoms with Crippen molar-refractivity contribution in [1.29, 1.82) is 0 Å². The molecule has 7 heteroatoms. The van der Waals surface area contributed by atoms with E-state index in [2.05, 4.69) is 9.82 Å². The van der Waals surface area contributed by atoms with E-state index < -0.39 is 10.0 Å². The van der Waals surface area contributed by atoms with Gasteiger partial charge in [0.1, 0.15) is 0 Å². The Morgan fingerprint density at radius 1 is 1.27 bits per heavy atom. The van der Waals surface area contributed by atoms with Crippen LogP contribution in [0.2, 0.25) is 0 Å². The monoisotopic (exact) mass is 323 g/mol. The molecule has 2 rings (SSSR count). The van der Waals surface area contributed by atoms with Crippen LogP contribution in [0.4, 0.5) is 5.69 Å². The Morgan fingerprint density at radius 2 is 2.05 bits per heavy atom. The molecule has 0 unspecified atom stereocenters. The van der Waals surface area contributed by atoms with Crippen molar-refractivity contribution in [2.24, 2.45) is 0 Å². The molecule has 1 aromatic carbocycles. The summed E-state index contributed by atoms with van der Waals surface area (Å²) in [5, 5.41) is 4.41. The van der Waals surface area contributed by atoms with Crippen LogP contribution in [0.5, 0.6) is 0 Å². The van der Waals surface area contributed by atoms with Crippen LogP contribution in [-0.2, 0) is 21.3 Å². The van der Waals surface area contributed by atoms with Crippen molar-refractivity contribution in [1.82, 2.24) is 9.78 Å². The predicted octanol–water partition coefficient (Wildman–Crippen LogP) is 1.94. The average Bonchev–Trinajstić information content (AvgIpc) is 2.74. The van der Waals surface area contributed by atoms with E-state index in [9.17, 15) is 8.42 Å². The molecular formula is C15H21N3O3S. The summed E-state index contributed by atoms with van der Waals surface area (Å²) in [5.41, 5.74) is 3.57. The van der Waals surface area contributed by atoms with E-state index >= 15 is 0 Å². The third-order valence-electron chi connectivity index (χ3n) is 3.19. The molecule has 120 valence electrons. The number of hydrogen-bond acceptors (Lipinski definition) is 4. The maximum atomic E-state index is 11.9. The van der Waals surface area contributed by atoms with Gasteiger partial charge >= 0.3 is 0 Å². The van der Waals surface area contributed by atoms with Crippen LogP contribution in [-0.4, -0.2) is 37.7 Å². The molecule has 2 aromatic rings. The first-order valence-electron chi connectivity index (χ1n) is 6.99. The minimum atomic E-state index is -3.39. The van der Waals surface area contributed by atoms with Crippen LogP contribution in [0, 0.1) is 13.8 Å². The number of benzene rings is 1. The Morgan fingerprint density at radius 3 is 2.68 bits per heavy atom. The number of nitrogens with one attached hydrogen (secondary N) is 1. The van der Waals surface area contributed by atoms with E-state index in [1.54, 1.807) is 6.07 Å². The molecule has 0 saturated heterocycles. The zero-order chi connectivity index (χ0) is 16.2. The zero-order valence-electron chi connectivity index (χ0n) is 13.0. The SMILES string of the molecule is COCCS(=O)(=O)Nc1cccc(Cn2nc(C)cc2C)c1. The maximum Gasteiger partial charge on any atom is 0.234 e. The molecule has 0 spiro atoms. The number of ether oxygens (including phenoxy) is 1. The lowest BCUT2D eigenvalue weighted by Gasteiger charge is -2.10. The highest BCUT2D eigenvalue weighted by Gasteiger charge is 2.10. The van der Waals surface area contributed by atoms with Crippen LogP contribution >= 0.6 is 0 Å². The number of sulfonamides is 1. The van der Waals surface area contributed by atoms with Crippen molar-refractivity contribution in [3.8, 4) is 0 Å². The standard InChI is InChI=1S/C15H21N3O3S/c1-12-9-13(2)18(16-12)11-14-5-4-6-15(10-14)17-22(19,20)8-7-21-3/h4-6,9-10,17H,7-8,11H2,1-3H3. The Labute approximate surface area is 131 Å². The van der Waals surface area contributed by atoms with Gasteiger partial charge in [0.15, 0.2) is 0 Å². The first kappa shape index (κ1) is 16.5. The molecule has 0 bridgehead atoms. The Kier molecular flexibility index (Phi) is 5.20. The van der Waals surface area contributed by atoms with E-state index in [0.29, 0.717) is 12.2 Å². The summed E-state index contributed by atoms with van der Waals surface area (Å²) in [6, 6.07) is 9.34. The molecule has 0 aliphatic rings. The summed E-state index contributed by atoms with van der Waals surface area (Å²) in [5.74, 6) is -0.0643. The van der Waals surface area contributed by atoms with Crippen molar-refractivity contribution in [3.63, 3.8) is 0 Å². The van der Waals surface area contributed by atoms with Gasteiger partial charge < -0.3 is 4.74 Å². The van der Waals surface area contributed by atoms with Gasteiger partial charge in [0.05, 0.1) is 24.6 Å². The molecule has 1 heterocycles. The van der Waals surface area contributed by atoms with Crippen LogP contribution in [0.25, 0.3) is 0 Å². The predicted molar refractivity (Wildman–Crippen MR) is 86.5 cm³/mol. The molecule has 1 aromatic heterocycles. The highest BCUT2D eigenvalue weighted by atomic mass is 32.2. The molecule has 0 radical (unpaired) electrons. The van der Waals surface area contributed by atoms with Crippen LogP contribution in [0.1, 0.15) is 17.0 Å². The van der Waals surface area contributed by atoms with Gasteiger partial charge in [-0.15, -0.1) is 0 Å². The second kappa shape index (κ2) is 6.93. The minimum absolute atomic E-state index is 0.0643. The van der Waals surface area contributed by atoms with Crippen molar-refractivity contribution in [2.45, 2.75) is 20.4 Å². The molecule has 6 nitrogen and oxygen atoms in total. The van der Waals surface area contributed by atoms with Crippen molar-refractivity contribution < 1.29 is 13.2 Å². The second-order valence-electron chi connectivity index (χ2n) is 5.20. The van der Waals surface area contributed by atoms with Crippen LogP contribution in [0.3, 0.4) is 0 Å². The third kappa shape index (κ3) is 4.57. The third-order valence-corrected chi connectivity index (χ3v) is 4.44. The lowest BCUT2D eigenvalue weighted by molar-refractivity contribution is 0.217. The number of anilines is 1. The topological polar surface area (TPSA) is 73.2 Å². The van der Waals surface area contributed by atoms with E-state index in [1.165, 1.54) is 7.11 Å². The minimum Gasteiger partial charge on any atom is -0.384 e. The summed E-state index contributed by atoms with van der Waals surface area (Å²) < 4.78 is 33.0. The van der Waals surface area contributed by atoms with Gasteiger partial charge in [0, 0.05) is 18.5 Å². The highest BCUT2D eigenvalue weighted by Crippen LogP contribution is 2.14. The molecule has 0 aliphatic carbocycles. The van der Waals surface area contributed by atoms with Crippen molar-refractivity contribution in [2.75, 3.05) is 24.2 Å². The first-order valence-corrected chi connectivity index (χ1v) is 8.64. The molecule has 22 heavy (non-hydrogen) atoms. The number of aromatic nitrogens is 2. The fraction of sp³-hybridized carbons (Fsp3) is 0.400. The van der Waals surface area contributed by atoms with Crippen molar-refractivity contribution in [3.05, 3.63) is 47.3 Å². The van der Waals surface area contributed by atoms with Gasteiger partial charge in [0.25, 0.3) is 0 Å². The van der Waals surface area contributed by atoms with E-state index in [1.807, 2.05) is 42.8 Å². The van der Waals surface area contributed by atoms with E-state index in [4.69, 9.17) is 4.74 Å². The number of hydrogen-bond donors (Lipinski definition) is 1. The first-order chi connectivity index (χ1) is 10.4. The molecule has 0 atom stereocenters. The van der Waals surface area contributed by atoms with Gasteiger partial charge in [-0.25, -0.2) is 8.42 Å². The summed E-state index contributed by atoms with van der Waals surface area (Å²) in [6.45, 7) is 4.72. The molecule has 0 fully saturated rings. The van der Waals surface area contributed by atoms with Crippen molar-refractivity contribution >= 4 is 15.7 Å². The number of nitrogens with zero attached hydrogens (tertiary/aromatic N) is 2. The van der Waals surface area contributed by atoms with E-state index in [0.717, 1.165) is 17.0 Å². The second-order valence-corrected chi connectivity index (χ2v) is 7.04. The Bertz CT molecular complexity index is 738. The smallest absolute Gasteiger partial charge is 0.234 e. The molecule has 0 amide bonds. The molecule has 0 saturated carbocycles. The maximum absolute atomic E-state index is 11.9. The van der Waals surface area contributed by atoms with Gasteiger partial charge in [-0.3, -0.25) is 9.40 Å². The fourth-order valence-electron chi connectivity index (χ4n) is 2.16. The summed E-state index contributed by atoms with van der Waals surface area (Å²) >= 11 is 0. The van der Waals surface area contributed by atoms with Gasteiger partial charge in [-0.2, -0.15) is 5.10 Å². The summed E-state index contributed by atoms with van der Waals surface area (Å²) in [4.78, 5) is 0. The molecule has 0 aliphatic heterocycles. The summed E-state index contributed by atoms with van der Waals surface area (Å²) in [6.07, 6.45) is 0. The molecule has 1 N–H and O–H groups in total. The largest absolute Gasteiger partial charge is 0.384 e. The van der Waals surface area contributed by atoms with E-state index in [-0.39, 0.29) is 12.4 Å². The van der Waals surface area contributed by atoms with Crippen LogP contribution < -0.4 is 4.72 Å². The Balaban J connectivity index is 2.11. The van der Waals surface area contributed by atoms with Gasteiger partial charge in [-0.05, 0) is 37.6 Å². The number of aryl methyl sites for hydroxylation is 2. The summed E-state index contributed by atoms with van der Waals surface area (Å²) in [7, 11) is -1.91. The lowest BCUT2D eigenvalue weighted by Crippen LogP contribution is -2.19. The number of methoxy groups -OCH3 is 1. The fourth-order valence-corrected chi connectivity index (χ4v) is 3.14. The highest BCUT2D eigenvalue weighted by molar-refractivity contribution is 7.92. The normalized spacial score (nSPS) is 11.6. The number of rotatable bonds is 7. The lowest BCUT2D eigenvalue weighted by atomic mass is 10.2. The quantitative estimate of drug-likeness (QED) is 0.845. The Hall–Kier alpha value is -1.86. The van der Waals surface area contributed by atoms with Gasteiger partial charge in [-0.1, -0.05) is 12.1 Å². The van der Waals surface area contributed by atoms with Gasteiger partial charge in [0.2, 0.25) is 10.0 Å².